The van der Waals surface area contributed by atoms with E-state index < -0.39 is 38.0 Å². The number of benzene rings is 1. The van der Waals surface area contributed by atoms with E-state index in [0.29, 0.717) is 12.3 Å². The van der Waals surface area contributed by atoms with Crippen LogP contribution in [-0.4, -0.2) is 46.4 Å². The molecule has 0 radical (unpaired) electrons. The summed E-state index contributed by atoms with van der Waals surface area (Å²) in [6.07, 6.45) is -0.157. The summed E-state index contributed by atoms with van der Waals surface area (Å²) in [4.78, 5) is 17.5. The molecule has 1 amide bonds. The second-order valence-corrected chi connectivity index (χ2v) is 10.1. The van der Waals surface area contributed by atoms with Crippen molar-refractivity contribution in [1.29, 1.82) is 0 Å². The third-order valence-electron chi connectivity index (χ3n) is 6.05. The first-order valence-corrected chi connectivity index (χ1v) is 11.2. The minimum Gasteiger partial charge on any atom is -0.322 e. The van der Waals surface area contributed by atoms with Crippen molar-refractivity contribution in [2.75, 3.05) is 7.05 Å². The largest absolute Gasteiger partial charge is 0.416 e. The molecule has 2 aliphatic carbocycles. The first-order chi connectivity index (χ1) is 14.1. The summed E-state index contributed by atoms with van der Waals surface area (Å²) in [6, 6.07) is 4.20. The van der Waals surface area contributed by atoms with Gasteiger partial charge in [-0.05, 0) is 42.7 Å². The van der Waals surface area contributed by atoms with Crippen LogP contribution in [0.5, 0.6) is 0 Å². The van der Waals surface area contributed by atoms with E-state index in [1.165, 1.54) is 25.2 Å². The second kappa shape index (κ2) is 7.36. The summed E-state index contributed by atoms with van der Waals surface area (Å²) < 4.78 is 66.1. The van der Waals surface area contributed by atoms with E-state index in [0.717, 1.165) is 41.2 Å². The van der Waals surface area contributed by atoms with Crippen LogP contribution in [0.1, 0.15) is 36.8 Å². The molecule has 3 atom stereocenters. The van der Waals surface area contributed by atoms with Gasteiger partial charge in [-0.3, -0.25) is 0 Å². The van der Waals surface area contributed by atoms with Crippen LogP contribution in [0, 0.1) is 11.8 Å². The Bertz CT molecular complexity index is 1070. The van der Waals surface area contributed by atoms with Crippen LogP contribution in [0.25, 0.3) is 0 Å². The number of nitrogens with zero attached hydrogens (tertiary/aromatic N) is 4. The summed E-state index contributed by atoms with van der Waals surface area (Å²) in [6.45, 7) is -0.317. The van der Waals surface area contributed by atoms with Crippen LogP contribution < -0.4 is 0 Å². The highest BCUT2D eigenvalue weighted by Gasteiger charge is 2.48. The monoisotopic (exact) mass is 442 g/mol. The van der Waals surface area contributed by atoms with Crippen LogP contribution in [0.3, 0.4) is 0 Å². The first kappa shape index (κ1) is 20.8. The molecule has 0 spiro atoms. The fourth-order valence-electron chi connectivity index (χ4n) is 4.60. The lowest BCUT2D eigenvalue weighted by Crippen LogP contribution is -2.32. The molecule has 0 N–H and O–H groups in total. The molecule has 2 saturated carbocycles. The van der Waals surface area contributed by atoms with Gasteiger partial charge in [0.1, 0.15) is 6.33 Å². The van der Waals surface area contributed by atoms with Gasteiger partial charge in [-0.15, -0.1) is 5.10 Å². The Morgan fingerprint density at radius 3 is 2.60 bits per heavy atom. The first-order valence-electron chi connectivity index (χ1n) is 9.63. The number of alkyl halides is 3. The lowest BCUT2D eigenvalue weighted by molar-refractivity contribution is -0.138. The van der Waals surface area contributed by atoms with Crippen molar-refractivity contribution in [2.24, 2.45) is 11.8 Å². The third-order valence-corrected chi connectivity index (χ3v) is 8.12. The number of hydrogen-bond acceptors (Lipinski definition) is 5. The van der Waals surface area contributed by atoms with Crippen molar-refractivity contribution in [3.8, 4) is 0 Å². The normalized spacial score (nSPS) is 23.7. The van der Waals surface area contributed by atoms with E-state index in [1.807, 2.05) is 0 Å². The maximum atomic E-state index is 13.2. The molecular formula is C19H21F3N4O3S. The van der Waals surface area contributed by atoms with E-state index in [1.54, 1.807) is 0 Å². The van der Waals surface area contributed by atoms with E-state index in [4.69, 9.17) is 0 Å². The van der Waals surface area contributed by atoms with Gasteiger partial charge in [0, 0.05) is 13.6 Å². The molecule has 0 saturated heterocycles. The Kier molecular flexibility index (Phi) is 5.11. The molecule has 162 valence electrons. The van der Waals surface area contributed by atoms with Crippen molar-refractivity contribution in [2.45, 2.75) is 48.8 Å². The highest BCUT2D eigenvalue weighted by Crippen LogP contribution is 2.48. The van der Waals surface area contributed by atoms with E-state index in [-0.39, 0.29) is 18.0 Å². The predicted octanol–water partition coefficient (Wildman–Crippen LogP) is 3.36. The van der Waals surface area contributed by atoms with Gasteiger partial charge in [0.2, 0.25) is 9.84 Å². The molecule has 4 rings (SSSR count). The van der Waals surface area contributed by atoms with Gasteiger partial charge in [0.15, 0.2) is 0 Å². The average molecular weight is 442 g/mol. The molecule has 1 heterocycles. The predicted molar refractivity (Wildman–Crippen MR) is 100 cm³/mol. The fraction of sp³-hybridized carbons (Fsp3) is 0.526. The smallest absolute Gasteiger partial charge is 0.322 e. The maximum Gasteiger partial charge on any atom is 0.416 e. The fourth-order valence-corrected chi connectivity index (χ4v) is 6.55. The van der Waals surface area contributed by atoms with Crippen LogP contribution in [0.15, 0.2) is 35.7 Å². The zero-order valence-corrected chi connectivity index (χ0v) is 17.0. The van der Waals surface area contributed by atoms with Crippen LogP contribution in [0.4, 0.5) is 18.0 Å². The SMILES string of the molecule is CN(Cc1ccccc1C(F)(F)F)C(=O)n1cnc(S(=O)(=O)[C@@H]2C[C@H]3CC[C@@H]2C3)n1. The van der Waals surface area contributed by atoms with Crippen molar-refractivity contribution in [3.05, 3.63) is 41.7 Å². The van der Waals surface area contributed by atoms with Gasteiger partial charge < -0.3 is 4.90 Å². The number of hydrogen-bond donors (Lipinski definition) is 0. The molecule has 11 heteroatoms. The summed E-state index contributed by atoms with van der Waals surface area (Å²) in [5.74, 6) is 0.516. The number of carbonyl (C=O) groups excluding carboxylic acids is 1. The van der Waals surface area contributed by atoms with Crippen molar-refractivity contribution in [1.82, 2.24) is 19.7 Å². The molecular weight excluding hydrogens is 421 g/mol. The van der Waals surface area contributed by atoms with Crippen molar-refractivity contribution in [3.63, 3.8) is 0 Å². The van der Waals surface area contributed by atoms with Gasteiger partial charge in [-0.1, -0.05) is 24.6 Å². The van der Waals surface area contributed by atoms with Gasteiger partial charge in [0.25, 0.3) is 5.16 Å². The second-order valence-electron chi connectivity index (χ2n) is 8.02. The summed E-state index contributed by atoms with van der Waals surface area (Å²) in [5, 5.41) is 2.91. The summed E-state index contributed by atoms with van der Waals surface area (Å²) >= 11 is 0. The third kappa shape index (κ3) is 3.70. The number of rotatable bonds is 4. The molecule has 1 aromatic carbocycles. The van der Waals surface area contributed by atoms with Gasteiger partial charge in [0.05, 0.1) is 10.8 Å². The molecule has 1 aromatic heterocycles. The van der Waals surface area contributed by atoms with Crippen LogP contribution in [0.2, 0.25) is 0 Å². The number of sulfone groups is 1. The van der Waals surface area contributed by atoms with Crippen molar-refractivity contribution < 1.29 is 26.4 Å². The van der Waals surface area contributed by atoms with E-state index >= 15 is 0 Å². The number of carbonyl (C=O) groups is 1. The zero-order chi connectivity index (χ0) is 21.7. The van der Waals surface area contributed by atoms with Crippen molar-refractivity contribution >= 4 is 15.9 Å². The topological polar surface area (TPSA) is 85.2 Å². The Hall–Kier alpha value is -2.43. The highest BCUT2D eigenvalue weighted by atomic mass is 32.2. The van der Waals surface area contributed by atoms with Gasteiger partial charge in [-0.25, -0.2) is 18.2 Å². The lowest BCUT2D eigenvalue weighted by Gasteiger charge is -2.20. The van der Waals surface area contributed by atoms with Crippen LogP contribution in [-0.2, 0) is 22.6 Å². The number of halogens is 3. The molecule has 0 aliphatic heterocycles. The summed E-state index contributed by atoms with van der Waals surface area (Å²) in [5.41, 5.74) is -0.904. The number of fused-ring (bicyclic) bond motifs is 2. The Morgan fingerprint density at radius 2 is 1.97 bits per heavy atom. The number of amides is 1. The quantitative estimate of drug-likeness (QED) is 0.725. The molecule has 2 bridgehead atoms. The minimum absolute atomic E-state index is 0.0733. The highest BCUT2D eigenvalue weighted by molar-refractivity contribution is 7.91. The summed E-state index contributed by atoms with van der Waals surface area (Å²) in [7, 11) is -2.43. The standard InChI is InChI=1S/C19H21F3N4O3S/c1-25(10-14-4-2-3-5-15(14)19(20,21)22)18(27)26-11-23-17(24-26)30(28,29)16-9-12-6-7-13(16)8-12/h2-5,11-13,16H,6-10H2,1H3/t12-,13+,16+/m0/s1. The minimum atomic E-state index is -4.55. The molecule has 2 aliphatic rings. The van der Waals surface area contributed by atoms with E-state index in [2.05, 4.69) is 10.1 Å². The molecule has 0 unspecified atom stereocenters. The average Bonchev–Trinajstić information content (AvgIpc) is 3.43. The molecule has 2 aromatic rings. The lowest BCUT2D eigenvalue weighted by atomic mass is 10.0. The maximum absolute atomic E-state index is 13.2. The Morgan fingerprint density at radius 1 is 1.23 bits per heavy atom. The Labute approximate surface area is 171 Å². The Balaban J connectivity index is 1.51. The van der Waals surface area contributed by atoms with Gasteiger partial charge in [-0.2, -0.15) is 17.9 Å². The molecule has 2 fully saturated rings. The number of aromatic nitrogens is 3. The molecule has 30 heavy (non-hydrogen) atoms. The van der Waals surface area contributed by atoms with Gasteiger partial charge >= 0.3 is 12.2 Å². The van der Waals surface area contributed by atoms with Crippen LogP contribution >= 0.6 is 0 Å². The zero-order valence-electron chi connectivity index (χ0n) is 16.2. The molecule has 7 nitrogen and oxygen atoms in total. The van der Waals surface area contributed by atoms with E-state index in [9.17, 15) is 26.4 Å².